The molecule has 0 amide bonds. The zero-order valence-electron chi connectivity index (χ0n) is 18.5. The van der Waals surface area contributed by atoms with Crippen molar-refractivity contribution in [2.24, 2.45) is 0 Å². The summed E-state index contributed by atoms with van der Waals surface area (Å²) in [4.78, 5) is 4.14. The summed E-state index contributed by atoms with van der Waals surface area (Å²) in [5.74, 6) is 6.63. The van der Waals surface area contributed by atoms with Gasteiger partial charge < -0.3 is 29.4 Å². The number of imidazole rings is 1. The Bertz CT molecular complexity index is 1100. The van der Waals surface area contributed by atoms with Crippen molar-refractivity contribution in [3.63, 3.8) is 0 Å². The largest absolute Gasteiger partial charge is 0.393 e. The normalized spacial score (nSPS) is 19.6. The Kier molecular flexibility index (Phi) is 7.55. The molecule has 2 aromatic carbocycles. The molecule has 3 N–H and O–H groups in total. The molecule has 0 bridgehead atoms. The monoisotopic (exact) mass is 448 g/mol. The first-order valence-corrected chi connectivity index (χ1v) is 10.9. The number of benzene rings is 2. The molecule has 7 heteroatoms. The summed E-state index contributed by atoms with van der Waals surface area (Å²) in [6.45, 7) is 2.65. The Morgan fingerprint density at radius 3 is 2.42 bits per heavy atom. The van der Waals surface area contributed by atoms with E-state index in [4.69, 9.17) is 9.47 Å². The molecule has 4 rings (SSSR count). The first-order chi connectivity index (χ1) is 16.0. The molecule has 1 aromatic heterocycles. The molecule has 0 radical (unpaired) electrons. The third-order valence-electron chi connectivity index (χ3n) is 5.60. The Hall–Kier alpha value is -2.99. The first-order valence-electron chi connectivity index (χ1n) is 10.9. The molecular formula is C26H28N2O5. The SMILES string of the molecule is C[C@H](O)c1nccn1[C@@H](C#Cc1ccc(-c2ccc(CO[C@@H]3COC[C@H]3O)cc2)cc1)CO. The van der Waals surface area contributed by atoms with Gasteiger partial charge in [0.15, 0.2) is 0 Å². The summed E-state index contributed by atoms with van der Waals surface area (Å²) in [6.07, 6.45) is 1.73. The van der Waals surface area contributed by atoms with Gasteiger partial charge in [0.05, 0.1) is 26.4 Å². The number of nitrogens with zero attached hydrogens (tertiary/aromatic N) is 2. The quantitative estimate of drug-likeness (QED) is 0.481. The number of aliphatic hydroxyl groups is 3. The van der Waals surface area contributed by atoms with E-state index in [2.05, 4.69) is 16.8 Å². The van der Waals surface area contributed by atoms with E-state index in [-0.39, 0.29) is 12.7 Å². The molecule has 1 fully saturated rings. The molecule has 172 valence electrons. The van der Waals surface area contributed by atoms with Crippen LogP contribution < -0.4 is 0 Å². The molecule has 33 heavy (non-hydrogen) atoms. The van der Waals surface area contributed by atoms with Crippen LogP contribution in [-0.4, -0.2) is 56.9 Å². The van der Waals surface area contributed by atoms with Crippen LogP contribution in [-0.2, 0) is 16.1 Å². The summed E-state index contributed by atoms with van der Waals surface area (Å²) in [6, 6.07) is 15.5. The third-order valence-corrected chi connectivity index (χ3v) is 5.60. The zero-order chi connectivity index (χ0) is 23.2. The Balaban J connectivity index is 1.39. The molecule has 1 saturated heterocycles. The van der Waals surface area contributed by atoms with Gasteiger partial charge in [0, 0.05) is 18.0 Å². The number of aromatic nitrogens is 2. The minimum Gasteiger partial charge on any atom is -0.393 e. The van der Waals surface area contributed by atoms with Gasteiger partial charge in [-0.25, -0.2) is 4.98 Å². The molecule has 4 atom stereocenters. The second-order valence-electron chi connectivity index (χ2n) is 8.06. The molecule has 7 nitrogen and oxygen atoms in total. The second-order valence-corrected chi connectivity index (χ2v) is 8.06. The average Bonchev–Trinajstić information content (AvgIpc) is 3.48. The molecule has 1 aliphatic heterocycles. The fourth-order valence-electron chi connectivity index (χ4n) is 3.71. The maximum absolute atomic E-state index is 9.83. The Morgan fingerprint density at radius 2 is 1.82 bits per heavy atom. The lowest BCUT2D eigenvalue weighted by atomic mass is 10.0. The highest BCUT2D eigenvalue weighted by Crippen LogP contribution is 2.22. The van der Waals surface area contributed by atoms with Crippen LogP contribution in [0.4, 0.5) is 0 Å². The van der Waals surface area contributed by atoms with Gasteiger partial charge in [-0.15, -0.1) is 0 Å². The van der Waals surface area contributed by atoms with E-state index in [1.54, 1.807) is 23.9 Å². The molecule has 1 aliphatic rings. The Morgan fingerprint density at radius 1 is 1.12 bits per heavy atom. The molecule has 0 spiro atoms. The molecule has 3 aromatic rings. The van der Waals surface area contributed by atoms with Crippen LogP contribution in [0, 0.1) is 11.8 Å². The highest BCUT2D eigenvalue weighted by molar-refractivity contribution is 5.64. The number of ether oxygens (including phenoxy) is 2. The van der Waals surface area contributed by atoms with Crippen LogP contribution in [0.2, 0.25) is 0 Å². The summed E-state index contributed by atoms with van der Waals surface area (Å²) < 4.78 is 12.6. The van der Waals surface area contributed by atoms with Crippen molar-refractivity contribution in [3.05, 3.63) is 77.9 Å². The zero-order valence-corrected chi connectivity index (χ0v) is 18.5. The number of hydrogen-bond donors (Lipinski definition) is 3. The van der Waals surface area contributed by atoms with Crippen LogP contribution in [0.25, 0.3) is 11.1 Å². The topological polar surface area (TPSA) is 97.0 Å². The van der Waals surface area contributed by atoms with Crippen molar-refractivity contribution in [1.29, 1.82) is 0 Å². The fraction of sp³-hybridized carbons (Fsp3) is 0.346. The van der Waals surface area contributed by atoms with Crippen molar-refractivity contribution in [2.45, 2.75) is 37.9 Å². The van der Waals surface area contributed by atoms with Gasteiger partial charge in [0.25, 0.3) is 0 Å². The van der Waals surface area contributed by atoms with Crippen LogP contribution in [0.5, 0.6) is 0 Å². The predicted octanol–water partition coefficient (Wildman–Crippen LogP) is 2.46. The molecule has 0 saturated carbocycles. The van der Waals surface area contributed by atoms with Gasteiger partial charge >= 0.3 is 0 Å². The van der Waals surface area contributed by atoms with Gasteiger partial charge in [-0.1, -0.05) is 48.2 Å². The van der Waals surface area contributed by atoms with Crippen LogP contribution in [0.3, 0.4) is 0 Å². The van der Waals surface area contributed by atoms with Gasteiger partial charge in [-0.2, -0.15) is 0 Å². The van der Waals surface area contributed by atoms with Crippen molar-refractivity contribution in [2.75, 3.05) is 19.8 Å². The van der Waals surface area contributed by atoms with Crippen LogP contribution >= 0.6 is 0 Å². The highest BCUT2D eigenvalue weighted by atomic mass is 16.6. The van der Waals surface area contributed by atoms with E-state index in [0.717, 1.165) is 22.3 Å². The molecule has 0 aliphatic carbocycles. The standard InChI is InChI=1S/C26H28N2O5/c1-18(30)26-27-12-13-28(26)23(14-29)11-6-19-2-7-21(8-3-19)22-9-4-20(5-10-22)15-33-25-17-32-16-24(25)31/h2-5,7-10,12-13,18,23-25,29-31H,14-17H2,1H3/t18-,23-,24+,25+/m0/s1. The van der Waals surface area contributed by atoms with Gasteiger partial charge in [0.1, 0.15) is 30.2 Å². The fourth-order valence-corrected chi connectivity index (χ4v) is 3.71. The number of rotatable bonds is 7. The van der Waals surface area contributed by atoms with Crippen LogP contribution in [0.15, 0.2) is 60.9 Å². The van der Waals surface area contributed by atoms with Gasteiger partial charge in [0.2, 0.25) is 0 Å². The van der Waals surface area contributed by atoms with E-state index in [9.17, 15) is 15.3 Å². The van der Waals surface area contributed by atoms with Crippen molar-refractivity contribution in [3.8, 4) is 23.0 Å². The minimum atomic E-state index is -0.739. The number of aliphatic hydroxyl groups excluding tert-OH is 3. The maximum Gasteiger partial charge on any atom is 0.138 e. The second kappa shape index (κ2) is 10.8. The van der Waals surface area contributed by atoms with Crippen molar-refractivity contribution >= 4 is 0 Å². The predicted molar refractivity (Wildman–Crippen MR) is 123 cm³/mol. The number of hydrogen-bond acceptors (Lipinski definition) is 6. The van der Waals surface area contributed by atoms with E-state index >= 15 is 0 Å². The summed E-state index contributed by atoms with van der Waals surface area (Å²) in [7, 11) is 0. The average molecular weight is 449 g/mol. The summed E-state index contributed by atoms with van der Waals surface area (Å²) >= 11 is 0. The van der Waals surface area contributed by atoms with E-state index in [1.807, 2.05) is 48.5 Å². The smallest absolute Gasteiger partial charge is 0.138 e. The van der Waals surface area contributed by atoms with Gasteiger partial charge in [-0.3, -0.25) is 0 Å². The molecule has 2 heterocycles. The third kappa shape index (κ3) is 5.69. The highest BCUT2D eigenvalue weighted by Gasteiger charge is 2.26. The van der Waals surface area contributed by atoms with Gasteiger partial charge in [-0.05, 0) is 35.7 Å². The lowest BCUT2D eigenvalue weighted by Crippen LogP contribution is -2.26. The summed E-state index contributed by atoms with van der Waals surface area (Å²) in [5.41, 5.74) is 4.01. The van der Waals surface area contributed by atoms with Crippen molar-refractivity contribution < 1.29 is 24.8 Å². The molecular weight excluding hydrogens is 420 g/mol. The van der Waals surface area contributed by atoms with E-state index in [0.29, 0.717) is 25.6 Å². The first kappa shape index (κ1) is 23.2. The van der Waals surface area contributed by atoms with Crippen LogP contribution in [0.1, 0.15) is 36.0 Å². The van der Waals surface area contributed by atoms with Crippen molar-refractivity contribution in [1.82, 2.24) is 9.55 Å². The summed E-state index contributed by atoms with van der Waals surface area (Å²) in [5, 5.41) is 29.3. The lowest BCUT2D eigenvalue weighted by molar-refractivity contribution is -0.0188. The van der Waals surface area contributed by atoms with E-state index in [1.165, 1.54) is 0 Å². The molecule has 0 unspecified atom stereocenters. The maximum atomic E-state index is 9.83. The van der Waals surface area contributed by atoms with E-state index < -0.39 is 18.2 Å². The minimum absolute atomic E-state index is 0.177. The lowest BCUT2D eigenvalue weighted by Gasteiger charge is -2.14. The Labute approximate surface area is 193 Å².